The summed E-state index contributed by atoms with van der Waals surface area (Å²) in [6.45, 7) is 1.75. The number of amides is 1. The number of rotatable bonds is 3. The molecule has 8 nitrogen and oxygen atoms in total. The molecule has 0 unspecified atom stereocenters. The second-order valence-electron chi connectivity index (χ2n) is 3.28. The average molecular weight is 294 g/mol. The lowest BCUT2D eigenvalue weighted by molar-refractivity contribution is 0.209. The van der Waals surface area contributed by atoms with Gasteiger partial charge in [0.25, 0.3) is 10.0 Å². The van der Waals surface area contributed by atoms with Crippen LogP contribution in [0, 0.1) is 6.92 Å². The second kappa shape index (κ2) is 4.92. The number of nitrogens with one attached hydrogen (secondary N) is 1. The van der Waals surface area contributed by atoms with Gasteiger partial charge in [-0.2, -0.15) is 13.6 Å². The quantitative estimate of drug-likeness (QED) is 0.780. The first-order valence-electron chi connectivity index (χ1n) is 4.46. The van der Waals surface area contributed by atoms with Crippen molar-refractivity contribution in [2.75, 3.05) is 0 Å². The Balaban J connectivity index is 2.89. The minimum Gasteiger partial charge on any atom is -0.315 e. The van der Waals surface area contributed by atoms with E-state index in [9.17, 15) is 21.6 Å². The highest BCUT2D eigenvalue weighted by Gasteiger charge is 2.21. The van der Waals surface area contributed by atoms with Crippen LogP contribution < -0.4 is 9.86 Å². The van der Waals surface area contributed by atoms with Crippen molar-refractivity contribution in [3.8, 4) is 0 Å². The van der Waals surface area contributed by atoms with E-state index in [1.165, 1.54) is 29.0 Å². The zero-order valence-corrected chi connectivity index (χ0v) is 10.8. The lowest BCUT2D eigenvalue weighted by atomic mass is 10.2. The fourth-order valence-electron chi connectivity index (χ4n) is 1.01. The van der Waals surface area contributed by atoms with Crippen molar-refractivity contribution in [3.63, 3.8) is 0 Å². The molecule has 0 aliphatic heterocycles. The maximum Gasteiger partial charge on any atom is 0.437 e. The molecule has 0 aliphatic rings. The van der Waals surface area contributed by atoms with Crippen molar-refractivity contribution < 1.29 is 25.8 Å². The van der Waals surface area contributed by atoms with E-state index < -0.39 is 26.4 Å². The van der Waals surface area contributed by atoms with E-state index in [0.29, 0.717) is 0 Å². The first-order valence-corrected chi connectivity index (χ1v) is 7.41. The van der Waals surface area contributed by atoms with Gasteiger partial charge in [-0.15, -0.1) is 0 Å². The zero-order chi connectivity index (χ0) is 14.0. The molecule has 1 amide bonds. The van der Waals surface area contributed by atoms with Gasteiger partial charge in [-0.3, -0.25) is 0 Å². The van der Waals surface area contributed by atoms with Crippen LogP contribution in [0.15, 0.2) is 29.2 Å². The number of carbonyl (C=O) groups is 1. The van der Waals surface area contributed by atoms with Crippen LogP contribution in [0.25, 0.3) is 0 Å². The Labute approximate surface area is 104 Å². The van der Waals surface area contributed by atoms with Crippen molar-refractivity contribution in [2.45, 2.75) is 11.8 Å². The third-order valence-electron chi connectivity index (χ3n) is 1.74. The van der Waals surface area contributed by atoms with Gasteiger partial charge in [-0.25, -0.2) is 17.9 Å². The van der Waals surface area contributed by atoms with Gasteiger partial charge in [0.15, 0.2) is 0 Å². The van der Waals surface area contributed by atoms with Crippen molar-refractivity contribution in [2.24, 2.45) is 5.14 Å². The van der Waals surface area contributed by atoms with Crippen LogP contribution >= 0.6 is 0 Å². The van der Waals surface area contributed by atoms with Crippen LogP contribution in [-0.2, 0) is 24.5 Å². The van der Waals surface area contributed by atoms with Crippen LogP contribution in [0.4, 0.5) is 4.79 Å². The molecular weight excluding hydrogens is 284 g/mol. The molecular formula is C8H10N2O6S2. The first kappa shape index (κ1) is 14.4. The average Bonchev–Trinajstić information content (AvgIpc) is 2.13. The molecule has 3 N–H and O–H groups in total. The fraction of sp³-hybridized carbons (Fsp3) is 0.125. The van der Waals surface area contributed by atoms with Crippen molar-refractivity contribution in [3.05, 3.63) is 29.8 Å². The van der Waals surface area contributed by atoms with E-state index in [-0.39, 0.29) is 4.90 Å². The van der Waals surface area contributed by atoms with Gasteiger partial charge in [-0.1, -0.05) is 17.7 Å². The van der Waals surface area contributed by atoms with Gasteiger partial charge in [-0.05, 0) is 19.1 Å². The monoisotopic (exact) mass is 294 g/mol. The summed E-state index contributed by atoms with van der Waals surface area (Å²) in [4.78, 5) is 10.7. The van der Waals surface area contributed by atoms with Gasteiger partial charge in [0.05, 0.1) is 4.90 Å². The summed E-state index contributed by atoms with van der Waals surface area (Å²) in [5.74, 6) is 0. The highest BCUT2D eigenvalue weighted by molar-refractivity contribution is 7.90. The standard InChI is InChI=1S/C8H10N2O6S2/c1-6-2-4-7(5-3-6)17(12,13)10-8(11)16-18(9,14)15/h2-5H,1H3,(H,10,11)(H2,9,14,15). The minimum absolute atomic E-state index is 0.209. The summed E-state index contributed by atoms with van der Waals surface area (Å²) in [6, 6.07) is 5.53. The molecule has 0 atom stereocenters. The smallest absolute Gasteiger partial charge is 0.315 e. The molecule has 0 saturated carbocycles. The molecule has 10 heteroatoms. The number of hydrogen-bond acceptors (Lipinski definition) is 6. The summed E-state index contributed by atoms with van der Waals surface area (Å²) in [5.41, 5.74) is 0.820. The van der Waals surface area contributed by atoms with Crippen molar-refractivity contribution in [1.29, 1.82) is 0 Å². The topological polar surface area (TPSA) is 133 Å². The first-order chi connectivity index (χ1) is 8.10. The van der Waals surface area contributed by atoms with Crippen LogP contribution in [0.3, 0.4) is 0 Å². The normalized spacial score (nSPS) is 11.9. The van der Waals surface area contributed by atoms with Gasteiger partial charge in [0, 0.05) is 0 Å². The summed E-state index contributed by atoms with van der Waals surface area (Å²) in [5, 5.41) is 4.41. The van der Waals surface area contributed by atoms with E-state index in [1.807, 2.05) is 0 Å². The van der Waals surface area contributed by atoms with Crippen LogP contribution in [-0.4, -0.2) is 22.9 Å². The van der Waals surface area contributed by atoms with Crippen LogP contribution in [0.2, 0.25) is 0 Å². The third kappa shape index (κ3) is 4.31. The highest BCUT2D eigenvalue weighted by Crippen LogP contribution is 2.09. The Morgan fingerprint density at radius 3 is 2.11 bits per heavy atom. The number of carbonyl (C=O) groups excluding carboxylic acids is 1. The molecule has 0 heterocycles. The zero-order valence-electron chi connectivity index (χ0n) is 9.15. The van der Waals surface area contributed by atoms with E-state index >= 15 is 0 Å². The molecule has 0 bridgehead atoms. The minimum atomic E-state index is -4.56. The number of aryl methyl sites for hydroxylation is 1. The molecule has 0 aromatic heterocycles. The number of sulfonamides is 1. The van der Waals surface area contributed by atoms with Crippen molar-refractivity contribution in [1.82, 2.24) is 4.72 Å². The van der Waals surface area contributed by atoms with Gasteiger partial charge < -0.3 is 4.18 Å². The van der Waals surface area contributed by atoms with Gasteiger partial charge >= 0.3 is 16.4 Å². The molecule has 18 heavy (non-hydrogen) atoms. The van der Waals surface area contributed by atoms with Gasteiger partial charge in [0.2, 0.25) is 0 Å². The van der Waals surface area contributed by atoms with E-state index in [2.05, 4.69) is 9.32 Å². The number of nitrogens with two attached hydrogens (primary N) is 1. The second-order valence-corrected chi connectivity index (χ2v) is 6.12. The van der Waals surface area contributed by atoms with Crippen LogP contribution in [0.5, 0.6) is 0 Å². The number of benzene rings is 1. The van der Waals surface area contributed by atoms with E-state index in [1.54, 1.807) is 6.92 Å². The molecule has 100 valence electrons. The van der Waals surface area contributed by atoms with Crippen molar-refractivity contribution >= 4 is 26.4 Å². The SMILES string of the molecule is Cc1ccc(S(=O)(=O)NC(=O)OS(N)(=O)=O)cc1. The maximum atomic E-state index is 11.6. The van der Waals surface area contributed by atoms with Gasteiger partial charge in [0.1, 0.15) is 0 Å². The Kier molecular flexibility index (Phi) is 3.94. The Morgan fingerprint density at radius 1 is 1.17 bits per heavy atom. The number of hydrogen-bond donors (Lipinski definition) is 2. The predicted molar refractivity (Wildman–Crippen MR) is 61.1 cm³/mol. The Morgan fingerprint density at radius 2 is 1.67 bits per heavy atom. The molecule has 1 aromatic rings. The maximum absolute atomic E-state index is 11.6. The largest absolute Gasteiger partial charge is 0.437 e. The van der Waals surface area contributed by atoms with Crippen LogP contribution in [0.1, 0.15) is 5.56 Å². The molecule has 0 fully saturated rings. The molecule has 0 radical (unpaired) electrons. The lowest BCUT2D eigenvalue weighted by Crippen LogP contribution is -2.34. The summed E-state index contributed by atoms with van der Waals surface area (Å²) < 4.78 is 49.0. The summed E-state index contributed by atoms with van der Waals surface area (Å²) >= 11 is 0. The Bertz CT molecular complexity index is 647. The molecule has 0 aliphatic carbocycles. The molecule has 1 rings (SSSR count). The highest BCUT2D eigenvalue weighted by atomic mass is 32.2. The third-order valence-corrected chi connectivity index (χ3v) is 3.45. The lowest BCUT2D eigenvalue weighted by Gasteiger charge is -2.06. The van der Waals surface area contributed by atoms with E-state index in [4.69, 9.17) is 0 Å². The molecule has 0 saturated heterocycles. The molecule has 0 spiro atoms. The molecule has 1 aromatic carbocycles. The predicted octanol–water partition coefficient (Wildman–Crippen LogP) is -0.387. The summed E-state index contributed by atoms with van der Waals surface area (Å²) in [7, 11) is -8.75. The Hall–Kier alpha value is -1.65. The fourth-order valence-corrected chi connectivity index (χ4v) is 2.19. The summed E-state index contributed by atoms with van der Waals surface area (Å²) in [6.07, 6.45) is -1.70. The van der Waals surface area contributed by atoms with E-state index in [0.717, 1.165) is 5.56 Å².